The number of hydrogen-bond donors (Lipinski definition) is 2. The maximum absolute atomic E-state index is 6.34. The van der Waals surface area contributed by atoms with Crippen molar-refractivity contribution < 1.29 is 0 Å². The van der Waals surface area contributed by atoms with Crippen LogP contribution in [0.15, 0.2) is 0 Å². The molecule has 102 valence electrons. The van der Waals surface area contributed by atoms with Gasteiger partial charge in [-0.2, -0.15) is 0 Å². The van der Waals surface area contributed by atoms with Gasteiger partial charge in [0.25, 0.3) is 0 Å². The average molecular weight is 248 g/mol. The van der Waals surface area contributed by atoms with Crippen LogP contribution in [0.25, 0.3) is 0 Å². The Morgan fingerprint density at radius 1 is 0.778 bits per heavy atom. The van der Waals surface area contributed by atoms with E-state index < -0.39 is 0 Å². The van der Waals surface area contributed by atoms with Crippen molar-refractivity contribution in [1.82, 2.24) is 0 Å². The van der Waals surface area contributed by atoms with Crippen LogP contribution in [0.4, 0.5) is 11.4 Å². The summed E-state index contributed by atoms with van der Waals surface area (Å²) in [6.07, 6.45) is 4.03. The highest BCUT2D eigenvalue weighted by Gasteiger charge is 2.20. The van der Waals surface area contributed by atoms with E-state index in [1.54, 1.807) is 0 Å². The fourth-order valence-corrected chi connectivity index (χ4v) is 2.92. The summed E-state index contributed by atoms with van der Waals surface area (Å²) < 4.78 is 0. The molecular formula is C16H28N2. The molecule has 1 rings (SSSR count). The Bertz CT molecular complexity index is 391. The van der Waals surface area contributed by atoms with Gasteiger partial charge in [-0.3, -0.25) is 0 Å². The number of nitrogen functional groups attached to an aromatic ring is 2. The van der Waals surface area contributed by atoms with Gasteiger partial charge in [0, 0.05) is 11.4 Å². The van der Waals surface area contributed by atoms with Crippen LogP contribution in [0.3, 0.4) is 0 Å². The predicted octanol–water partition coefficient (Wildman–Crippen LogP) is 4.05. The van der Waals surface area contributed by atoms with Crippen LogP contribution in [0.1, 0.15) is 69.2 Å². The molecule has 0 aliphatic rings. The van der Waals surface area contributed by atoms with E-state index in [1.807, 2.05) is 0 Å². The molecule has 0 radical (unpaired) electrons. The number of rotatable bonds is 5. The molecule has 2 heteroatoms. The topological polar surface area (TPSA) is 52.0 Å². The van der Waals surface area contributed by atoms with E-state index in [0.29, 0.717) is 5.92 Å². The number of anilines is 2. The third-order valence-corrected chi connectivity index (χ3v) is 4.12. The highest BCUT2D eigenvalue weighted by molar-refractivity contribution is 5.73. The van der Waals surface area contributed by atoms with Crippen LogP contribution in [-0.4, -0.2) is 0 Å². The first-order valence-corrected chi connectivity index (χ1v) is 7.24. The zero-order valence-electron chi connectivity index (χ0n) is 12.6. The lowest BCUT2D eigenvalue weighted by atomic mass is 9.83. The molecule has 0 amide bonds. The Hall–Kier alpha value is -1.18. The molecule has 0 spiro atoms. The van der Waals surface area contributed by atoms with Crippen molar-refractivity contribution in [3.8, 4) is 0 Å². The minimum absolute atomic E-state index is 0.533. The van der Waals surface area contributed by atoms with Crippen molar-refractivity contribution in [1.29, 1.82) is 0 Å². The zero-order valence-corrected chi connectivity index (χ0v) is 12.6. The van der Waals surface area contributed by atoms with Crippen molar-refractivity contribution in [2.24, 2.45) is 0 Å². The summed E-state index contributed by atoms with van der Waals surface area (Å²) in [5.41, 5.74) is 19.8. The lowest BCUT2D eigenvalue weighted by Crippen LogP contribution is -2.13. The summed E-state index contributed by atoms with van der Waals surface area (Å²) in [4.78, 5) is 0. The number of benzene rings is 1. The second kappa shape index (κ2) is 6.12. The summed E-state index contributed by atoms with van der Waals surface area (Å²) in [6.45, 7) is 11.0. The van der Waals surface area contributed by atoms with E-state index in [9.17, 15) is 0 Å². The smallest absolute Gasteiger partial charge is 0.0402 e. The largest absolute Gasteiger partial charge is 0.398 e. The molecule has 0 aliphatic heterocycles. The fourth-order valence-electron chi connectivity index (χ4n) is 2.92. The summed E-state index contributed by atoms with van der Waals surface area (Å²) in [5, 5.41) is 0. The minimum Gasteiger partial charge on any atom is -0.398 e. The SMILES string of the molecule is CCc1c(N)c(CC)c(C(C)CC)c(CC)c1N. The Morgan fingerprint density at radius 2 is 1.17 bits per heavy atom. The van der Waals surface area contributed by atoms with Crippen molar-refractivity contribution in [2.45, 2.75) is 66.2 Å². The first kappa shape index (κ1) is 14.9. The molecular weight excluding hydrogens is 220 g/mol. The summed E-state index contributed by atoms with van der Waals surface area (Å²) in [6, 6.07) is 0. The molecule has 1 aromatic rings. The molecule has 0 aliphatic carbocycles. The third-order valence-electron chi connectivity index (χ3n) is 4.12. The zero-order chi connectivity index (χ0) is 13.9. The summed E-state index contributed by atoms with van der Waals surface area (Å²) in [7, 11) is 0. The number of nitrogens with two attached hydrogens (primary N) is 2. The normalized spacial score (nSPS) is 12.7. The quantitative estimate of drug-likeness (QED) is 0.772. The van der Waals surface area contributed by atoms with Crippen LogP contribution in [0.5, 0.6) is 0 Å². The summed E-state index contributed by atoms with van der Waals surface area (Å²) >= 11 is 0. The highest BCUT2D eigenvalue weighted by Crippen LogP contribution is 2.38. The van der Waals surface area contributed by atoms with Crippen molar-refractivity contribution >= 4 is 11.4 Å². The van der Waals surface area contributed by atoms with Gasteiger partial charge in [0.15, 0.2) is 0 Å². The molecule has 0 aromatic heterocycles. The van der Waals surface area contributed by atoms with Gasteiger partial charge < -0.3 is 11.5 Å². The Balaban J connectivity index is 3.66. The van der Waals surface area contributed by atoms with Crippen LogP contribution in [-0.2, 0) is 19.3 Å². The van der Waals surface area contributed by atoms with Crippen molar-refractivity contribution in [2.75, 3.05) is 11.5 Å². The van der Waals surface area contributed by atoms with E-state index >= 15 is 0 Å². The first-order chi connectivity index (χ1) is 8.53. The van der Waals surface area contributed by atoms with E-state index in [4.69, 9.17) is 11.5 Å². The molecule has 1 unspecified atom stereocenters. The van der Waals surface area contributed by atoms with Crippen molar-refractivity contribution in [3.63, 3.8) is 0 Å². The van der Waals surface area contributed by atoms with Crippen molar-refractivity contribution in [3.05, 3.63) is 22.3 Å². The Labute approximate surface area is 112 Å². The second-order valence-corrected chi connectivity index (χ2v) is 5.05. The average Bonchev–Trinajstić information content (AvgIpc) is 2.37. The molecule has 2 nitrogen and oxygen atoms in total. The molecule has 0 saturated carbocycles. The second-order valence-electron chi connectivity index (χ2n) is 5.05. The molecule has 1 aromatic carbocycles. The molecule has 4 N–H and O–H groups in total. The highest BCUT2D eigenvalue weighted by atomic mass is 14.6. The van der Waals surface area contributed by atoms with Gasteiger partial charge in [0.2, 0.25) is 0 Å². The van der Waals surface area contributed by atoms with Gasteiger partial charge in [-0.1, -0.05) is 34.6 Å². The molecule has 0 fully saturated rings. The van der Waals surface area contributed by atoms with E-state index in [-0.39, 0.29) is 0 Å². The molecule has 0 saturated heterocycles. The van der Waals surface area contributed by atoms with Gasteiger partial charge >= 0.3 is 0 Å². The van der Waals surface area contributed by atoms with Gasteiger partial charge in [-0.25, -0.2) is 0 Å². The monoisotopic (exact) mass is 248 g/mol. The number of hydrogen-bond acceptors (Lipinski definition) is 2. The van der Waals surface area contributed by atoms with Gasteiger partial charge in [-0.05, 0) is 53.9 Å². The van der Waals surface area contributed by atoms with Gasteiger partial charge in [0.1, 0.15) is 0 Å². The maximum Gasteiger partial charge on any atom is 0.0402 e. The third kappa shape index (κ3) is 2.33. The van der Waals surface area contributed by atoms with Crippen LogP contribution < -0.4 is 11.5 Å². The predicted molar refractivity (Wildman–Crippen MR) is 82.1 cm³/mol. The van der Waals surface area contributed by atoms with E-state index in [2.05, 4.69) is 34.6 Å². The molecule has 0 heterocycles. The molecule has 0 bridgehead atoms. The minimum atomic E-state index is 0.533. The van der Waals surface area contributed by atoms with Crippen LogP contribution in [0.2, 0.25) is 0 Å². The van der Waals surface area contributed by atoms with Gasteiger partial charge in [0.05, 0.1) is 0 Å². The molecule has 18 heavy (non-hydrogen) atoms. The lowest BCUT2D eigenvalue weighted by molar-refractivity contribution is 0.713. The Morgan fingerprint density at radius 3 is 1.44 bits per heavy atom. The summed E-state index contributed by atoms with van der Waals surface area (Å²) in [5.74, 6) is 0.533. The van der Waals surface area contributed by atoms with E-state index in [1.165, 1.54) is 16.7 Å². The lowest BCUT2D eigenvalue weighted by Gasteiger charge is -2.25. The van der Waals surface area contributed by atoms with Gasteiger partial charge in [-0.15, -0.1) is 0 Å². The first-order valence-electron chi connectivity index (χ1n) is 7.24. The molecule has 1 atom stereocenters. The van der Waals surface area contributed by atoms with Crippen LogP contribution >= 0.6 is 0 Å². The van der Waals surface area contributed by atoms with E-state index in [0.717, 1.165) is 42.6 Å². The Kier molecular flexibility index (Phi) is 5.06. The van der Waals surface area contributed by atoms with Crippen LogP contribution in [0, 0.1) is 0 Å². The standard InChI is InChI=1S/C16H28N2/c1-6-10(5)14-11(7-2)15(17)13(9-4)16(18)12(14)8-3/h10H,6-9,17-18H2,1-5H3. The fraction of sp³-hybridized carbons (Fsp3) is 0.625. The maximum atomic E-state index is 6.34.